The largest absolute Gasteiger partial charge is 0.507 e. The van der Waals surface area contributed by atoms with Gasteiger partial charge in [-0.15, -0.1) is 0 Å². The van der Waals surface area contributed by atoms with Gasteiger partial charge in [0.1, 0.15) is 49.4 Å². The first-order valence-corrected chi connectivity index (χ1v) is 31.6. The summed E-state index contributed by atoms with van der Waals surface area (Å²) in [4.78, 5) is 55.5. The number of hydrogen-bond donors (Lipinski definition) is 4. The van der Waals surface area contributed by atoms with Gasteiger partial charge >= 0.3 is 23.9 Å². The van der Waals surface area contributed by atoms with Crippen LogP contribution in [0.15, 0.2) is 48.5 Å². The third kappa shape index (κ3) is 21.3. The summed E-state index contributed by atoms with van der Waals surface area (Å²) in [6.07, 6.45) is 1.22. The van der Waals surface area contributed by atoms with Crippen LogP contribution in [0, 0.1) is 5.41 Å². The maximum Gasteiger partial charge on any atom is 0.306 e. The van der Waals surface area contributed by atoms with Crippen LogP contribution in [0.3, 0.4) is 0 Å². The molecule has 0 fully saturated rings. The Morgan fingerprint density at radius 1 is 0.284 bits per heavy atom. The third-order valence-corrected chi connectivity index (χ3v) is 16.1. The van der Waals surface area contributed by atoms with E-state index in [1.165, 1.54) is 0 Å². The second kappa shape index (κ2) is 28.4. The molecule has 13 nitrogen and oxygen atoms in total. The smallest absolute Gasteiger partial charge is 0.306 e. The Hall–Kier alpha value is -6.08. The molecule has 0 aliphatic rings. The Kier molecular flexibility index (Phi) is 24.0. The molecule has 0 aliphatic heterocycles. The Balaban J connectivity index is 1.69. The van der Waals surface area contributed by atoms with Crippen LogP contribution >= 0.6 is 0 Å². The zero-order valence-corrected chi connectivity index (χ0v) is 58.5. The van der Waals surface area contributed by atoms with Crippen molar-refractivity contribution in [2.75, 3.05) is 39.6 Å². The molecule has 4 rings (SSSR count). The van der Waals surface area contributed by atoms with Crippen molar-refractivity contribution in [3.8, 4) is 23.0 Å². The van der Waals surface area contributed by atoms with Crippen molar-refractivity contribution in [3.63, 3.8) is 0 Å². The van der Waals surface area contributed by atoms with Crippen molar-refractivity contribution in [3.05, 3.63) is 115 Å². The SMILES string of the molecule is CC(C)(C)c1cc(CCC(=O)OCCOCC(COC(=O)CCc2cc(C(C)(C)C)c(O)c(C(C)(C)C)c2)(COC(=O)CCc2cc(C(C)(C)C)c(O)c(C(C)(C)C)c2)COC(=O)CCc2cc(C(C)(C)C)c(O)c(C(C)(C)C)c2)cc(C(C)(C)C)c1O. The second-order valence-corrected chi connectivity index (χ2v) is 32.9. The lowest BCUT2D eigenvalue weighted by Crippen LogP contribution is -2.43. The van der Waals surface area contributed by atoms with E-state index in [2.05, 4.69) is 0 Å². The molecule has 0 amide bonds. The number of aromatic hydroxyl groups is 4. The van der Waals surface area contributed by atoms with E-state index in [-0.39, 0.29) is 99.2 Å². The molecular weight excluding hydrogens is 1110 g/mol. The number of hydrogen-bond acceptors (Lipinski definition) is 13. The minimum atomic E-state index is -1.45. The number of aryl methyl sites for hydroxylation is 4. The number of ether oxygens (including phenoxy) is 5. The van der Waals surface area contributed by atoms with Gasteiger partial charge in [-0.3, -0.25) is 19.2 Å². The molecular formula is C75H112O13. The Morgan fingerprint density at radius 3 is 0.648 bits per heavy atom. The van der Waals surface area contributed by atoms with Gasteiger partial charge in [0.2, 0.25) is 0 Å². The Bertz CT molecular complexity index is 2700. The number of phenols is 4. The lowest BCUT2D eigenvalue weighted by molar-refractivity contribution is -0.169. The fourth-order valence-corrected chi connectivity index (χ4v) is 10.7. The van der Waals surface area contributed by atoms with Crippen molar-refractivity contribution in [1.29, 1.82) is 0 Å². The monoisotopic (exact) mass is 1220 g/mol. The van der Waals surface area contributed by atoms with Gasteiger partial charge in [0, 0.05) is 25.7 Å². The molecule has 0 saturated heterocycles. The molecule has 0 atom stereocenters. The second-order valence-electron chi connectivity index (χ2n) is 32.9. The Labute approximate surface area is 529 Å². The van der Waals surface area contributed by atoms with Gasteiger partial charge in [0.25, 0.3) is 0 Å². The summed E-state index contributed by atoms with van der Waals surface area (Å²) in [5, 5.41) is 45.5. The van der Waals surface area contributed by atoms with Crippen molar-refractivity contribution in [2.45, 2.75) is 261 Å². The van der Waals surface area contributed by atoms with Crippen LogP contribution in [0.4, 0.5) is 0 Å². The lowest BCUT2D eigenvalue weighted by Gasteiger charge is -2.32. The van der Waals surface area contributed by atoms with E-state index >= 15 is 0 Å². The molecule has 0 heterocycles. The minimum absolute atomic E-state index is 0.0386. The van der Waals surface area contributed by atoms with Crippen LogP contribution in [0.25, 0.3) is 0 Å². The molecule has 4 N–H and O–H groups in total. The fourth-order valence-electron chi connectivity index (χ4n) is 10.7. The standard InChI is InChI=1S/C75H112O13/c1-67(2,3)51-35-47(36-52(63(51)80)68(4,5)6)25-29-59(76)85-34-33-84-43-75(44-86-60(77)30-26-48-37-53(69(7,8)9)64(81)54(38-48)70(10,11)12,45-87-61(78)31-27-49-39-55(71(13,14)15)65(82)56(40-49)72(16,17)18)46-88-62(79)32-28-50-41-57(73(19,20)21)66(83)58(42-50)74(22,23)24/h35-42,80-83H,25-34,43-46H2,1-24H3. The van der Waals surface area contributed by atoms with Crippen molar-refractivity contribution in [2.24, 2.45) is 5.41 Å². The van der Waals surface area contributed by atoms with Crippen LogP contribution in [-0.4, -0.2) is 83.9 Å². The minimum Gasteiger partial charge on any atom is -0.507 e. The van der Waals surface area contributed by atoms with Gasteiger partial charge in [-0.25, -0.2) is 0 Å². The third-order valence-electron chi connectivity index (χ3n) is 16.1. The van der Waals surface area contributed by atoms with Crippen molar-refractivity contribution >= 4 is 23.9 Å². The molecule has 0 unspecified atom stereocenters. The normalized spacial score (nSPS) is 13.1. The number of esters is 4. The summed E-state index contributed by atoms with van der Waals surface area (Å²) in [6.45, 7) is 47.1. The van der Waals surface area contributed by atoms with Gasteiger partial charge in [0.05, 0.1) is 18.6 Å². The molecule has 0 radical (unpaired) electrons. The zero-order chi connectivity index (χ0) is 67.1. The molecule has 0 aliphatic carbocycles. The molecule has 0 bridgehead atoms. The van der Waals surface area contributed by atoms with Gasteiger partial charge in [-0.1, -0.05) is 215 Å². The summed E-state index contributed by atoms with van der Waals surface area (Å²) in [5.74, 6) is -1.20. The molecule has 13 heteroatoms. The predicted octanol–water partition coefficient (Wildman–Crippen LogP) is 15.9. The average Bonchev–Trinajstić information content (AvgIpc) is 1.00. The zero-order valence-electron chi connectivity index (χ0n) is 58.5. The predicted molar refractivity (Wildman–Crippen MR) is 352 cm³/mol. The van der Waals surface area contributed by atoms with Crippen LogP contribution < -0.4 is 0 Å². The molecule has 0 aromatic heterocycles. The average molecular weight is 1220 g/mol. The van der Waals surface area contributed by atoms with Crippen molar-refractivity contribution in [1.82, 2.24) is 0 Å². The van der Waals surface area contributed by atoms with E-state index < -0.39 is 61.8 Å². The first kappa shape index (κ1) is 74.4. The van der Waals surface area contributed by atoms with Crippen LogP contribution in [-0.2, 0) is 112 Å². The molecule has 0 saturated carbocycles. The molecule has 88 heavy (non-hydrogen) atoms. The highest BCUT2D eigenvalue weighted by atomic mass is 16.6. The van der Waals surface area contributed by atoms with Crippen molar-refractivity contribution < 1.29 is 63.3 Å². The molecule has 4 aromatic carbocycles. The van der Waals surface area contributed by atoms with Gasteiger partial charge in [-0.2, -0.15) is 0 Å². The van der Waals surface area contributed by atoms with Gasteiger partial charge in [0.15, 0.2) is 0 Å². The number of carbonyl (C=O) groups excluding carboxylic acids is 4. The highest BCUT2D eigenvalue weighted by Crippen LogP contribution is 2.44. The lowest BCUT2D eigenvalue weighted by atomic mass is 9.78. The van der Waals surface area contributed by atoms with E-state index in [9.17, 15) is 39.6 Å². The Morgan fingerprint density at radius 2 is 0.466 bits per heavy atom. The first-order chi connectivity index (χ1) is 39.9. The number of rotatable bonds is 23. The molecule has 4 aromatic rings. The summed E-state index contributed by atoms with van der Waals surface area (Å²) < 4.78 is 30.3. The highest BCUT2D eigenvalue weighted by molar-refractivity contribution is 5.72. The van der Waals surface area contributed by atoms with E-state index in [4.69, 9.17) is 23.7 Å². The van der Waals surface area contributed by atoms with E-state index in [1.54, 1.807) is 0 Å². The topological polar surface area (TPSA) is 195 Å². The maximum atomic E-state index is 14.1. The molecule has 490 valence electrons. The van der Waals surface area contributed by atoms with Gasteiger partial charge < -0.3 is 44.1 Å². The summed E-state index contributed by atoms with van der Waals surface area (Å²) >= 11 is 0. The maximum absolute atomic E-state index is 14.1. The van der Waals surface area contributed by atoms with E-state index in [0.717, 1.165) is 66.8 Å². The summed E-state index contributed by atoms with van der Waals surface area (Å²) in [7, 11) is 0. The number of benzene rings is 4. The van der Waals surface area contributed by atoms with Gasteiger partial charge in [-0.05, 0) is 136 Å². The van der Waals surface area contributed by atoms with Crippen LogP contribution in [0.2, 0.25) is 0 Å². The van der Waals surface area contributed by atoms with E-state index in [0.29, 0.717) is 25.7 Å². The molecule has 0 spiro atoms. The van der Waals surface area contributed by atoms with E-state index in [1.807, 2.05) is 215 Å². The van der Waals surface area contributed by atoms with Crippen LogP contribution in [0.1, 0.15) is 259 Å². The van der Waals surface area contributed by atoms with Crippen LogP contribution in [0.5, 0.6) is 23.0 Å². The first-order valence-electron chi connectivity index (χ1n) is 31.6. The number of carbonyl (C=O) groups is 4. The fraction of sp³-hybridized carbons (Fsp3) is 0.627. The summed E-state index contributed by atoms with van der Waals surface area (Å²) in [6, 6.07) is 15.5. The summed E-state index contributed by atoms with van der Waals surface area (Å²) in [5.41, 5.74) is 5.13. The highest BCUT2D eigenvalue weighted by Gasteiger charge is 2.38. The number of phenolic OH excluding ortho intramolecular Hbond substituents is 4. The quantitative estimate of drug-likeness (QED) is 0.0311.